The van der Waals surface area contributed by atoms with Crippen molar-refractivity contribution in [1.82, 2.24) is 4.98 Å². The summed E-state index contributed by atoms with van der Waals surface area (Å²) in [5, 5.41) is 49.4. The van der Waals surface area contributed by atoms with Gasteiger partial charge in [0.2, 0.25) is 0 Å². The molecule has 0 aliphatic heterocycles. The van der Waals surface area contributed by atoms with Crippen LogP contribution >= 0.6 is 23.2 Å². The van der Waals surface area contributed by atoms with Crippen molar-refractivity contribution in [3.8, 4) is 16.9 Å². The van der Waals surface area contributed by atoms with E-state index in [-0.39, 0.29) is 37.3 Å². The lowest BCUT2D eigenvalue weighted by Crippen LogP contribution is -2.45. The van der Waals surface area contributed by atoms with E-state index in [0.29, 0.717) is 29.3 Å². The maximum absolute atomic E-state index is 12.6. The number of aryl methyl sites for hydroxylation is 1. The van der Waals surface area contributed by atoms with Gasteiger partial charge in [0.15, 0.2) is 0 Å². The number of aliphatic hydroxyl groups excluding tert-OH is 5. The number of benzene rings is 2. The molecule has 2 saturated carbocycles. The molecule has 9 nitrogen and oxygen atoms in total. The fraction of sp³-hybridized carbons (Fsp3) is 0.514. The van der Waals surface area contributed by atoms with E-state index in [0.717, 1.165) is 59.3 Å². The molecule has 1 aromatic heterocycles. The Hall–Kier alpha value is -2.60. The van der Waals surface area contributed by atoms with Crippen LogP contribution in [0, 0.1) is 5.92 Å². The lowest BCUT2D eigenvalue weighted by atomic mass is 9.92. The van der Waals surface area contributed by atoms with Gasteiger partial charge in [0.1, 0.15) is 29.8 Å². The first-order valence-electron chi connectivity index (χ1n) is 16.7. The number of ketones is 1. The number of carbonyl (C=O) groups excluding carboxylic acids is 1. The Morgan fingerprint density at radius 2 is 1.65 bits per heavy atom. The topological polar surface area (TPSA) is 150 Å². The van der Waals surface area contributed by atoms with Gasteiger partial charge in [-0.2, -0.15) is 0 Å². The molecule has 48 heavy (non-hydrogen) atoms. The minimum atomic E-state index is -1.71. The van der Waals surface area contributed by atoms with E-state index in [2.05, 4.69) is 11.1 Å². The Kier molecular flexibility index (Phi) is 12.5. The van der Waals surface area contributed by atoms with Crippen molar-refractivity contribution in [2.75, 3.05) is 6.61 Å². The summed E-state index contributed by atoms with van der Waals surface area (Å²) in [7, 11) is 0. The molecule has 5 atom stereocenters. The van der Waals surface area contributed by atoms with Crippen LogP contribution in [0.1, 0.15) is 75.0 Å². The number of halogens is 2. The Balaban J connectivity index is 1.14. The van der Waals surface area contributed by atoms with Crippen molar-refractivity contribution in [2.45, 2.75) is 107 Å². The number of pyridine rings is 1. The van der Waals surface area contributed by atoms with E-state index >= 15 is 0 Å². The predicted molar refractivity (Wildman–Crippen MR) is 183 cm³/mol. The monoisotopic (exact) mass is 701 g/mol. The molecule has 260 valence electrons. The van der Waals surface area contributed by atoms with Crippen molar-refractivity contribution in [3.63, 3.8) is 0 Å². The molecule has 0 spiro atoms. The molecule has 0 amide bonds. The standard InChI is InChI=1S/C37H45Cl2NO8/c1-22(31(42)11-12-32(43)35(45)36(46)33(44)20-41)5-4-6-23-17-30(39)24(18-29(23)38)21-47-37(14-15-37)28-19-40-16-13-26(28)27-7-2-3-8-34(27)48-25-9-10-25/h2-3,7-8,13,16-19,22,25,32-33,35-36,41,43-46H,4-6,9-12,14-15,20-21H2,1H3/t22?,32-,33+,35+,36+/m0/s1. The molecule has 1 unspecified atom stereocenters. The van der Waals surface area contributed by atoms with E-state index in [1.807, 2.05) is 49.5 Å². The number of para-hydroxylation sites is 1. The van der Waals surface area contributed by atoms with Crippen LogP contribution in [0.3, 0.4) is 0 Å². The Bertz CT molecular complexity index is 1550. The van der Waals surface area contributed by atoms with Crippen LogP contribution < -0.4 is 4.74 Å². The molecule has 0 radical (unpaired) electrons. The van der Waals surface area contributed by atoms with Gasteiger partial charge in [-0.3, -0.25) is 9.78 Å². The molecule has 2 aliphatic rings. The number of aliphatic hydroxyl groups is 5. The Labute approximate surface area is 291 Å². The number of rotatable bonds is 19. The summed E-state index contributed by atoms with van der Waals surface area (Å²) in [5.41, 5.74) is 4.31. The van der Waals surface area contributed by atoms with Crippen LogP contribution in [0.25, 0.3) is 11.1 Å². The molecule has 0 bridgehead atoms. The average molecular weight is 703 g/mol. The number of ether oxygens (including phenoxy) is 2. The van der Waals surface area contributed by atoms with Gasteiger partial charge in [-0.25, -0.2) is 0 Å². The second kappa shape index (κ2) is 16.4. The number of aromatic nitrogens is 1. The smallest absolute Gasteiger partial charge is 0.135 e. The molecule has 0 saturated heterocycles. The van der Waals surface area contributed by atoms with Crippen molar-refractivity contribution in [2.24, 2.45) is 5.92 Å². The second-order valence-electron chi connectivity index (χ2n) is 13.1. The summed E-state index contributed by atoms with van der Waals surface area (Å²) in [4.78, 5) is 17.1. The summed E-state index contributed by atoms with van der Waals surface area (Å²) >= 11 is 13.4. The molecule has 11 heteroatoms. The zero-order valence-corrected chi connectivity index (χ0v) is 28.6. The first kappa shape index (κ1) is 36.7. The van der Waals surface area contributed by atoms with E-state index in [9.17, 15) is 25.2 Å². The molecule has 2 aromatic carbocycles. The van der Waals surface area contributed by atoms with Crippen LogP contribution in [0.2, 0.25) is 10.0 Å². The maximum Gasteiger partial charge on any atom is 0.135 e. The first-order valence-corrected chi connectivity index (χ1v) is 17.5. The summed E-state index contributed by atoms with van der Waals surface area (Å²) in [6.07, 6.45) is 3.32. The van der Waals surface area contributed by atoms with Gasteiger partial charge in [0.25, 0.3) is 0 Å². The van der Waals surface area contributed by atoms with Crippen molar-refractivity contribution in [1.29, 1.82) is 0 Å². The average Bonchev–Trinajstić information content (AvgIpc) is 4.04. The van der Waals surface area contributed by atoms with Gasteiger partial charge in [0, 0.05) is 45.9 Å². The van der Waals surface area contributed by atoms with Gasteiger partial charge in [0.05, 0.1) is 31.0 Å². The highest BCUT2D eigenvalue weighted by Gasteiger charge is 2.48. The van der Waals surface area contributed by atoms with E-state index < -0.39 is 36.6 Å². The third kappa shape index (κ3) is 9.14. The summed E-state index contributed by atoms with van der Waals surface area (Å²) in [5.74, 6) is 0.502. The van der Waals surface area contributed by atoms with E-state index in [1.54, 1.807) is 6.20 Å². The van der Waals surface area contributed by atoms with Crippen molar-refractivity contribution < 1.29 is 39.8 Å². The van der Waals surface area contributed by atoms with Crippen molar-refractivity contribution in [3.05, 3.63) is 81.6 Å². The maximum atomic E-state index is 12.6. The molecule has 2 aliphatic carbocycles. The number of Topliss-reactive ketones (excluding diaryl/α,β-unsaturated/α-hetero) is 1. The molecule has 5 N–H and O–H groups in total. The minimum absolute atomic E-state index is 0.00535. The van der Waals surface area contributed by atoms with Gasteiger partial charge in [-0.1, -0.05) is 48.3 Å². The van der Waals surface area contributed by atoms with E-state index in [1.165, 1.54) is 0 Å². The van der Waals surface area contributed by atoms with Gasteiger partial charge >= 0.3 is 0 Å². The molecular weight excluding hydrogens is 657 g/mol. The normalized spacial score (nSPS) is 18.5. The molecule has 2 fully saturated rings. The van der Waals surface area contributed by atoms with Crippen molar-refractivity contribution >= 4 is 29.0 Å². The fourth-order valence-electron chi connectivity index (χ4n) is 5.93. The number of carbonyl (C=O) groups is 1. The number of hydrogen-bond donors (Lipinski definition) is 5. The van der Waals surface area contributed by atoms with Crippen LogP contribution in [-0.2, 0) is 28.2 Å². The highest BCUT2D eigenvalue weighted by Crippen LogP contribution is 2.53. The Morgan fingerprint density at radius 1 is 0.958 bits per heavy atom. The highest BCUT2D eigenvalue weighted by molar-refractivity contribution is 6.34. The first-order chi connectivity index (χ1) is 23.0. The summed E-state index contributed by atoms with van der Waals surface area (Å²) < 4.78 is 12.8. The Morgan fingerprint density at radius 3 is 2.35 bits per heavy atom. The number of nitrogens with zero attached hydrogens (tertiary/aromatic N) is 1. The van der Waals surface area contributed by atoms with Crippen LogP contribution in [0.15, 0.2) is 54.9 Å². The molecule has 5 rings (SSSR count). The molecule has 1 heterocycles. The summed E-state index contributed by atoms with van der Waals surface area (Å²) in [6, 6.07) is 13.8. The van der Waals surface area contributed by atoms with Crippen LogP contribution in [0.5, 0.6) is 5.75 Å². The minimum Gasteiger partial charge on any atom is -0.490 e. The zero-order valence-electron chi connectivity index (χ0n) is 27.1. The molecule has 3 aromatic rings. The third-order valence-electron chi connectivity index (χ3n) is 9.38. The summed E-state index contributed by atoms with van der Waals surface area (Å²) in [6.45, 7) is 1.34. The quantitative estimate of drug-likeness (QED) is 0.109. The second-order valence-corrected chi connectivity index (χ2v) is 14.0. The van der Waals surface area contributed by atoms with Crippen LogP contribution in [-0.4, -0.2) is 73.4 Å². The fourth-order valence-corrected chi connectivity index (χ4v) is 6.45. The largest absolute Gasteiger partial charge is 0.490 e. The van der Waals surface area contributed by atoms with Gasteiger partial charge in [-0.15, -0.1) is 0 Å². The SMILES string of the molecule is CC(CCCc1cc(Cl)c(COC2(c3cnccc3-c3ccccc3OC3CC3)CC2)cc1Cl)C(=O)CC[C@H](O)[C@@H](O)[C@H](O)[C@H](O)CO. The predicted octanol–water partition coefficient (Wildman–Crippen LogP) is 5.55. The third-order valence-corrected chi connectivity index (χ3v) is 10.1. The van der Waals surface area contributed by atoms with E-state index in [4.69, 9.17) is 37.8 Å². The zero-order chi connectivity index (χ0) is 34.4. The lowest BCUT2D eigenvalue weighted by molar-refractivity contribution is -0.127. The van der Waals surface area contributed by atoms with Gasteiger partial charge in [-0.05, 0) is 92.3 Å². The lowest BCUT2D eigenvalue weighted by Gasteiger charge is -2.25. The van der Waals surface area contributed by atoms with Crippen LogP contribution in [0.4, 0.5) is 0 Å². The highest BCUT2D eigenvalue weighted by atomic mass is 35.5. The number of hydrogen-bond acceptors (Lipinski definition) is 9. The van der Waals surface area contributed by atoms with Gasteiger partial charge < -0.3 is 35.0 Å². The molecular formula is C37H45Cl2NO8.